The van der Waals surface area contributed by atoms with E-state index < -0.39 is 0 Å². The van der Waals surface area contributed by atoms with Crippen molar-refractivity contribution in [2.45, 2.75) is 19.9 Å². The number of carbonyl (C=O) groups excluding carboxylic acids is 1. The molecule has 1 heterocycles. The average molecular weight is 276 g/mol. The van der Waals surface area contributed by atoms with Crippen molar-refractivity contribution in [3.63, 3.8) is 0 Å². The second-order valence-corrected chi connectivity index (χ2v) is 4.69. The van der Waals surface area contributed by atoms with Crippen LogP contribution in [0.25, 0.3) is 11.1 Å². The van der Waals surface area contributed by atoms with Crippen LogP contribution in [-0.2, 0) is 11.3 Å². The fourth-order valence-corrected chi connectivity index (χ4v) is 2.09. The lowest BCUT2D eigenvalue weighted by Crippen LogP contribution is -2.35. The van der Waals surface area contributed by atoms with Crippen LogP contribution < -0.4 is 11.1 Å². The largest absolute Gasteiger partial charge is 0.439 e. The number of nitrogens with two attached hydrogens (primary N) is 1. The monoisotopic (exact) mass is 276 g/mol. The van der Waals surface area contributed by atoms with Crippen LogP contribution in [-0.4, -0.2) is 35.9 Å². The lowest BCUT2D eigenvalue weighted by Gasteiger charge is -2.18. The third kappa shape index (κ3) is 3.27. The van der Waals surface area contributed by atoms with Gasteiger partial charge in [0.15, 0.2) is 5.58 Å². The molecule has 0 atom stereocenters. The van der Waals surface area contributed by atoms with Crippen molar-refractivity contribution in [1.82, 2.24) is 15.2 Å². The number of fused-ring (bicyclic) bond motifs is 1. The lowest BCUT2D eigenvalue weighted by atomic mass is 10.3. The number of aromatic nitrogens is 1. The van der Waals surface area contributed by atoms with E-state index in [1.807, 2.05) is 17.0 Å². The second kappa shape index (κ2) is 6.38. The normalized spacial score (nSPS) is 11.2. The van der Waals surface area contributed by atoms with Crippen molar-refractivity contribution in [2.75, 3.05) is 25.9 Å². The van der Waals surface area contributed by atoms with Gasteiger partial charge in [-0.1, -0.05) is 13.0 Å². The van der Waals surface area contributed by atoms with Crippen LogP contribution in [0.5, 0.6) is 0 Å². The minimum atomic E-state index is -0.0194. The number of oxazole rings is 1. The number of amides is 1. The van der Waals surface area contributed by atoms with E-state index in [9.17, 15) is 4.79 Å². The summed E-state index contributed by atoms with van der Waals surface area (Å²) >= 11 is 0. The standard InChI is InChI=1S/C14H20N4O2/c1-3-7-18(8-12(19)16-2)9-13-17-14-10(15)5-4-6-11(14)20-13/h4-6H,3,7-9,15H2,1-2H3,(H,16,19). The summed E-state index contributed by atoms with van der Waals surface area (Å²) in [5.74, 6) is 0.560. The highest BCUT2D eigenvalue weighted by atomic mass is 16.3. The first-order chi connectivity index (χ1) is 9.63. The molecule has 0 radical (unpaired) electrons. The maximum atomic E-state index is 11.5. The zero-order valence-corrected chi connectivity index (χ0v) is 11.8. The topological polar surface area (TPSA) is 84.4 Å². The number of para-hydroxylation sites is 1. The second-order valence-electron chi connectivity index (χ2n) is 4.69. The fraction of sp³-hybridized carbons (Fsp3) is 0.429. The summed E-state index contributed by atoms with van der Waals surface area (Å²) in [7, 11) is 1.63. The number of hydrogen-bond acceptors (Lipinski definition) is 5. The van der Waals surface area contributed by atoms with Crippen molar-refractivity contribution >= 4 is 22.7 Å². The number of anilines is 1. The summed E-state index contributed by atoms with van der Waals surface area (Å²) in [6.07, 6.45) is 0.958. The van der Waals surface area contributed by atoms with E-state index in [-0.39, 0.29) is 5.91 Å². The molecule has 0 fully saturated rings. The smallest absolute Gasteiger partial charge is 0.233 e. The number of nitrogens with zero attached hydrogens (tertiary/aromatic N) is 2. The molecule has 1 amide bonds. The Kier molecular flexibility index (Phi) is 4.57. The minimum absolute atomic E-state index is 0.0194. The quantitative estimate of drug-likeness (QED) is 0.778. The van der Waals surface area contributed by atoms with Gasteiger partial charge in [0.2, 0.25) is 11.8 Å². The van der Waals surface area contributed by atoms with Crippen LogP contribution in [0.15, 0.2) is 22.6 Å². The van der Waals surface area contributed by atoms with E-state index in [1.54, 1.807) is 13.1 Å². The first-order valence-corrected chi connectivity index (χ1v) is 6.71. The molecular weight excluding hydrogens is 256 g/mol. The summed E-state index contributed by atoms with van der Waals surface area (Å²) in [4.78, 5) is 17.9. The predicted molar refractivity (Wildman–Crippen MR) is 78.1 cm³/mol. The molecule has 0 aliphatic heterocycles. The maximum absolute atomic E-state index is 11.5. The summed E-state index contributed by atoms with van der Waals surface area (Å²) in [6.45, 7) is 3.70. The highest BCUT2D eigenvalue weighted by Gasteiger charge is 2.14. The molecular formula is C14H20N4O2. The Bertz CT molecular complexity index is 594. The van der Waals surface area contributed by atoms with E-state index in [2.05, 4.69) is 17.2 Å². The van der Waals surface area contributed by atoms with Crippen LogP contribution >= 0.6 is 0 Å². The van der Waals surface area contributed by atoms with Gasteiger partial charge in [-0.2, -0.15) is 0 Å². The Morgan fingerprint density at radius 1 is 1.50 bits per heavy atom. The Morgan fingerprint density at radius 3 is 2.95 bits per heavy atom. The van der Waals surface area contributed by atoms with Crippen LogP contribution in [0.2, 0.25) is 0 Å². The average Bonchev–Trinajstić information content (AvgIpc) is 2.83. The lowest BCUT2D eigenvalue weighted by molar-refractivity contribution is -0.121. The molecule has 1 aromatic carbocycles. The number of nitrogens with one attached hydrogen (secondary N) is 1. The zero-order chi connectivity index (χ0) is 14.5. The molecule has 0 spiro atoms. The minimum Gasteiger partial charge on any atom is -0.439 e. The van der Waals surface area contributed by atoms with Crippen LogP contribution in [0.4, 0.5) is 5.69 Å². The Morgan fingerprint density at radius 2 is 2.30 bits per heavy atom. The number of carbonyl (C=O) groups is 1. The van der Waals surface area contributed by atoms with Gasteiger partial charge in [0.25, 0.3) is 0 Å². The van der Waals surface area contributed by atoms with Crippen molar-refractivity contribution < 1.29 is 9.21 Å². The summed E-state index contributed by atoms with van der Waals surface area (Å²) in [6, 6.07) is 5.47. The third-order valence-corrected chi connectivity index (χ3v) is 3.04. The predicted octanol–water partition coefficient (Wildman–Crippen LogP) is 1.37. The van der Waals surface area contributed by atoms with Gasteiger partial charge >= 0.3 is 0 Å². The Balaban J connectivity index is 2.15. The summed E-state index contributed by atoms with van der Waals surface area (Å²) < 4.78 is 5.68. The van der Waals surface area contributed by atoms with Gasteiger partial charge in [-0.25, -0.2) is 4.98 Å². The van der Waals surface area contributed by atoms with E-state index >= 15 is 0 Å². The van der Waals surface area contributed by atoms with Crippen molar-refractivity contribution in [1.29, 1.82) is 0 Å². The highest BCUT2D eigenvalue weighted by molar-refractivity contribution is 5.85. The van der Waals surface area contributed by atoms with E-state index in [0.29, 0.717) is 35.8 Å². The molecule has 6 heteroatoms. The van der Waals surface area contributed by atoms with E-state index in [1.165, 1.54) is 0 Å². The molecule has 0 bridgehead atoms. The van der Waals surface area contributed by atoms with Crippen LogP contribution in [0.3, 0.4) is 0 Å². The molecule has 0 aliphatic carbocycles. The third-order valence-electron chi connectivity index (χ3n) is 3.04. The first-order valence-electron chi connectivity index (χ1n) is 6.71. The Hall–Kier alpha value is -2.08. The highest BCUT2D eigenvalue weighted by Crippen LogP contribution is 2.21. The molecule has 1 aromatic heterocycles. The fourth-order valence-electron chi connectivity index (χ4n) is 2.09. The number of hydrogen-bond donors (Lipinski definition) is 2. The number of benzene rings is 1. The molecule has 0 saturated carbocycles. The van der Waals surface area contributed by atoms with Gasteiger partial charge < -0.3 is 15.5 Å². The van der Waals surface area contributed by atoms with Gasteiger partial charge in [0.1, 0.15) is 5.52 Å². The van der Waals surface area contributed by atoms with Crippen molar-refractivity contribution in [3.05, 3.63) is 24.1 Å². The zero-order valence-electron chi connectivity index (χ0n) is 11.8. The van der Waals surface area contributed by atoms with E-state index in [4.69, 9.17) is 10.2 Å². The van der Waals surface area contributed by atoms with Crippen molar-refractivity contribution in [3.8, 4) is 0 Å². The molecule has 108 valence electrons. The Labute approximate surface area is 117 Å². The first kappa shape index (κ1) is 14.3. The van der Waals surface area contributed by atoms with Gasteiger partial charge in [0, 0.05) is 7.05 Å². The van der Waals surface area contributed by atoms with Crippen molar-refractivity contribution in [2.24, 2.45) is 0 Å². The number of nitrogen functional groups attached to an aromatic ring is 1. The van der Waals surface area contributed by atoms with Crippen LogP contribution in [0.1, 0.15) is 19.2 Å². The molecule has 2 aromatic rings. The molecule has 0 saturated heterocycles. The molecule has 20 heavy (non-hydrogen) atoms. The van der Waals surface area contributed by atoms with Gasteiger partial charge in [0.05, 0.1) is 18.8 Å². The summed E-state index contributed by atoms with van der Waals surface area (Å²) in [5.41, 5.74) is 7.82. The number of rotatable bonds is 6. The van der Waals surface area contributed by atoms with Gasteiger partial charge in [-0.05, 0) is 25.1 Å². The molecule has 2 rings (SSSR count). The van der Waals surface area contributed by atoms with Crippen LogP contribution in [0, 0.1) is 0 Å². The molecule has 0 aliphatic rings. The van der Waals surface area contributed by atoms with Gasteiger partial charge in [-0.3, -0.25) is 9.69 Å². The number of likely N-dealkylation sites (N-methyl/N-ethyl adjacent to an activating group) is 1. The SMILES string of the molecule is CCCN(CC(=O)NC)Cc1nc2c(N)cccc2o1. The molecule has 0 unspecified atom stereocenters. The molecule has 3 N–H and O–H groups in total. The van der Waals surface area contributed by atoms with Gasteiger partial charge in [-0.15, -0.1) is 0 Å². The van der Waals surface area contributed by atoms with E-state index in [0.717, 1.165) is 13.0 Å². The molecule has 6 nitrogen and oxygen atoms in total. The maximum Gasteiger partial charge on any atom is 0.233 e. The summed E-state index contributed by atoms with van der Waals surface area (Å²) in [5, 5.41) is 2.62.